The molecule has 0 unspecified atom stereocenters. The number of nitrogens with one attached hydrogen (secondary N) is 2. The lowest BCUT2D eigenvalue weighted by Crippen LogP contribution is -2.47. The summed E-state index contributed by atoms with van der Waals surface area (Å²) in [5.74, 6) is 0.726. The third-order valence-corrected chi connectivity index (χ3v) is 7.44. The highest BCUT2D eigenvalue weighted by molar-refractivity contribution is 7.29. The minimum atomic E-state index is -0.125. The Kier molecular flexibility index (Phi) is 5.15. The van der Waals surface area contributed by atoms with Gasteiger partial charge < -0.3 is 20.3 Å². The zero-order valence-corrected chi connectivity index (χ0v) is 18.1. The molecule has 1 fully saturated rings. The van der Waals surface area contributed by atoms with E-state index in [9.17, 15) is 4.79 Å². The normalized spacial score (nSPS) is 15.3. The summed E-state index contributed by atoms with van der Waals surface area (Å²) in [5.41, 5.74) is 2.53. The molecule has 1 aromatic carbocycles. The predicted octanol–water partition coefficient (Wildman–Crippen LogP) is 2.91. The second kappa shape index (κ2) is 7.95. The molecular formula is C20H22N6O2S2. The molecule has 156 valence electrons. The highest BCUT2D eigenvalue weighted by Crippen LogP contribution is 2.35. The Morgan fingerprint density at radius 1 is 1.20 bits per heavy atom. The third kappa shape index (κ3) is 3.79. The first-order chi connectivity index (χ1) is 14.6. The van der Waals surface area contributed by atoms with Crippen molar-refractivity contribution < 1.29 is 9.90 Å². The molecule has 1 saturated heterocycles. The lowest BCUT2D eigenvalue weighted by atomic mass is 10.2. The number of anilines is 2. The van der Waals surface area contributed by atoms with E-state index in [1.807, 2.05) is 31.2 Å². The molecule has 0 atom stereocenters. The number of hydrogen-bond acceptors (Lipinski definition) is 8. The number of carbonyl (C=O) groups excluding carboxylic acids is 1. The van der Waals surface area contributed by atoms with Crippen LogP contribution in [0.15, 0.2) is 24.3 Å². The van der Waals surface area contributed by atoms with Gasteiger partial charge in [0.05, 0.1) is 27.2 Å². The number of aliphatic hydroxyl groups is 1. The van der Waals surface area contributed by atoms with E-state index < -0.39 is 0 Å². The van der Waals surface area contributed by atoms with Gasteiger partial charge in [0.25, 0.3) is 5.91 Å². The van der Waals surface area contributed by atoms with E-state index in [1.54, 1.807) is 11.3 Å². The molecule has 3 N–H and O–H groups in total. The largest absolute Gasteiger partial charge is 0.395 e. The number of hydrogen-bond donors (Lipinski definition) is 3. The number of carbonyl (C=O) groups is 1. The summed E-state index contributed by atoms with van der Waals surface area (Å²) in [6.45, 7) is 6.52. The smallest absolute Gasteiger partial charge is 0.265 e. The lowest BCUT2D eigenvalue weighted by Gasteiger charge is -2.34. The average molecular weight is 443 g/mol. The number of aliphatic hydroxyl groups excluding tert-OH is 1. The number of thiazole rings is 1. The zero-order chi connectivity index (χ0) is 20.7. The molecule has 0 bridgehead atoms. The first kappa shape index (κ1) is 19.4. The van der Waals surface area contributed by atoms with E-state index >= 15 is 0 Å². The summed E-state index contributed by atoms with van der Waals surface area (Å²) in [6.07, 6.45) is 0. The number of imidazole rings is 1. The maximum atomic E-state index is 12.7. The number of nitrogens with zero attached hydrogens (tertiary/aromatic N) is 4. The van der Waals surface area contributed by atoms with Crippen LogP contribution < -0.4 is 10.2 Å². The van der Waals surface area contributed by atoms with E-state index in [1.165, 1.54) is 11.3 Å². The van der Waals surface area contributed by atoms with Crippen LogP contribution in [0.25, 0.3) is 20.6 Å². The van der Waals surface area contributed by atoms with Crippen LogP contribution in [0.4, 0.5) is 10.8 Å². The third-order valence-electron chi connectivity index (χ3n) is 5.22. The maximum Gasteiger partial charge on any atom is 0.265 e. The van der Waals surface area contributed by atoms with Gasteiger partial charge in [0.1, 0.15) is 10.7 Å². The Bertz CT molecular complexity index is 1170. The van der Waals surface area contributed by atoms with Gasteiger partial charge in [-0.3, -0.25) is 9.69 Å². The Morgan fingerprint density at radius 3 is 2.80 bits per heavy atom. The number of β-amino-alcohol motifs (C(OH)–C–C–N with tert-alkyl or cyclic N) is 1. The van der Waals surface area contributed by atoms with Gasteiger partial charge in [-0.15, -0.1) is 11.3 Å². The van der Waals surface area contributed by atoms with Crippen molar-refractivity contribution in [1.29, 1.82) is 0 Å². The Morgan fingerprint density at radius 2 is 2.03 bits per heavy atom. The molecule has 1 aliphatic heterocycles. The Hall–Kier alpha value is -2.53. The minimum Gasteiger partial charge on any atom is -0.395 e. The van der Waals surface area contributed by atoms with Gasteiger partial charge in [0, 0.05) is 38.4 Å². The van der Waals surface area contributed by atoms with E-state index in [-0.39, 0.29) is 12.5 Å². The summed E-state index contributed by atoms with van der Waals surface area (Å²) in [6, 6.07) is 7.59. The molecule has 8 nitrogen and oxygen atoms in total. The SMILES string of the molecule is Cc1nc2ccc(NC(=O)c3cc4sc(N5CCN(CCO)CC5)nc4s3)cc2[nH]1. The fourth-order valence-electron chi connectivity index (χ4n) is 3.68. The summed E-state index contributed by atoms with van der Waals surface area (Å²) in [7, 11) is 0. The van der Waals surface area contributed by atoms with Gasteiger partial charge >= 0.3 is 0 Å². The molecule has 4 aromatic rings. The Balaban J connectivity index is 1.28. The molecular weight excluding hydrogens is 420 g/mol. The van der Waals surface area contributed by atoms with Crippen LogP contribution in [-0.2, 0) is 0 Å². The lowest BCUT2D eigenvalue weighted by molar-refractivity contribution is 0.103. The van der Waals surface area contributed by atoms with Gasteiger partial charge in [0.15, 0.2) is 5.13 Å². The van der Waals surface area contributed by atoms with E-state index in [0.29, 0.717) is 4.88 Å². The molecule has 0 spiro atoms. The van der Waals surface area contributed by atoms with Crippen LogP contribution in [0.5, 0.6) is 0 Å². The van der Waals surface area contributed by atoms with Crippen LogP contribution in [0.3, 0.4) is 0 Å². The predicted molar refractivity (Wildman–Crippen MR) is 122 cm³/mol. The molecule has 5 rings (SSSR count). The van der Waals surface area contributed by atoms with E-state index in [4.69, 9.17) is 10.1 Å². The summed E-state index contributed by atoms with van der Waals surface area (Å²) >= 11 is 3.05. The van der Waals surface area contributed by atoms with Crippen molar-refractivity contribution in [2.75, 3.05) is 49.5 Å². The van der Waals surface area contributed by atoms with E-state index in [2.05, 4.69) is 25.1 Å². The van der Waals surface area contributed by atoms with Gasteiger partial charge in [-0.1, -0.05) is 11.3 Å². The fourth-order valence-corrected chi connectivity index (χ4v) is 5.84. The number of aromatic amines is 1. The first-order valence-electron chi connectivity index (χ1n) is 9.85. The van der Waals surface area contributed by atoms with Crippen LogP contribution in [0.1, 0.15) is 15.5 Å². The average Bonchev–Trinajstić information content (AvgIpc) is 3.40. The van der Waals surface area contributed by atoms with Crippen LogP contribution in [-0.4, -0.2) is 70.2 Å². The monoisotopic (exact) mass is 442 g/mol. The number of thiophene rings is 1. The van der Waals surface area contributed by atoms with Crippen molar-refractivity contribution >= 4 is 60.0 Å². The second-order valence-electron chi connectivity index (χ2n) is 7.34. The number of aryl methyl sites for hydroxylation is 1. The molecule has 4 heterocycles. The number of fused-ring (bicyclic) bond motifs is 2. The number of aromatic nitrogens is 3. The highest BCUT2D eigenvalue weighted by Gasteiger charge is 2.21. The van der Waals surface area contributed by atoms with Crippen molar-refractivity contribution in [3.63, 3.8) is 0 Å². The molecule has 3 aromatic heterocycles. The van der Waals surface area contributed by atoms with Crippen molar-refractivity contribution in [3.05, 3.63) is 35.0 Å². The van der Waals surface area contributed by atoms with Crippen LogP contribution >= 0.6 is 22.7 Å². The van der Waals surface area contributed by atoms with Gasteiger partial charge in [-0.2, -0.15) is 0 Å². The number of rotatable bonds is 5. The zero-order valence-electron chi connectivity index (χ0n) is 16.5. The standard InChI is InChI=1S/C20H22N6O2S2/c1-12-21-14-3-2-13(10-15(14)22-12)23-18(28)16-11-17-19(29-16)24-20(30-17)26-6-4-25(5-7-26)8-9-27/h2-3,10-11,27H,4-9H2,1H3,(H,21,22)(H,23,28). The topological polar surface area (TPSA) is 97.4 Å². The summed E-state index contributed by atoms with van der Waals surface area (Å²) < 4.78 is 1.04. The first-order valence-corrected chi connectivity index (χ1v) is 11.5. The minimum absolute atomic E-state index is 0.125. The maximum absolute atomic E-state index is 12.7. The summed E-state index contributed by atoms with van der Waals surface area (Å²) in [5, 5.41) is 13.1. The number of H-pyrrole nitrogens is 1. The molecule has 10 heteroatoms. The number of piperazine rings is 1. The number of benzene rings is 1. The molecule has 0 saturated carbocycles. The molecule has 0 aliphatic carbocycles. The molecule has 0 radical (unpaired) electrons. The van der Waals surface area contributed by atoms with E-state index in [0.717, 1.165) is 69.9 Å². The quantitative estimate of drug-likeness (QED) is 0.440. The summed E-state index contributed by atoms with van der Waals surface area (Å²) in [4.78, 5) is 31.2. The number of amides is 1. The van der Waals surface area contributed by atoms with Crippen molar-refractivity contribution in [1.82, 2.24) is 19.9 Å². The fraction of sp³-hybridized carbons (Fsp3) is 0.350. The van der Waals surface area contributed by atoms with Gasteiger partial charge in [-0.05, 0) is 31.2 Å². The van der Waals surface area contributed by atoms with Crippen LogP contribution in [0, 0.1) is 6.92 Å². The molecule has 30 heavy (non-hydrogen) atoms. The molecule has 1 aliphatic rings. The van der Waals surface area contributed by atoms with Crippen LogP contribution in [0.2, 0.25) is 0 Å². The Labute approximate surface area is 181 Å². The second-order valence-corrected chi connectivity index (χ2v) is 9.38. The van der Waals surface area contributed by atoms with Gasteiger partial charge in [0.2, 0.25) is 0 Å². The molecule has 1 amide bonds. The van der Waals surface area contributed by atoms with Crippen molar-refractivity contribution in [2.24, 2.45) is 0 Å². The van der Waals surface area contributed by atoms with Crippen molar-refractivity contribution in [2.45, 2.75) is 6.92 Å². The van der Waals surface area contributed by atoms with Gasteiger partial charge in [-0.25, -0.2) is 9.97 Å². The highest BCUT2D eigenvalue weighted by atomic mass is 32.1. The van der Waals surface area contributed by atoms with Crippen molar-refractivity contribution in [3.8, 4) is 0 Å².